The van der Waals surface area contributed by atoms with Crippen LogP contribution in [-0.4, -0.2) is 38.3 Å². The smallest absolute Gasteiger partial charge is 0.0474 e. The third-order valence-corrected chi connectivity index (χ3v) is 2.70. The highest BCUT2D eigenvalue weighted by Crippen LogP contribution is 2.15. The molecule has 0 aliphatic carbocycles. The Labute approximate surface area is 75.9 Å². The molecule has 0 aromatic heterocycles. The first-order valence-electron chi connectivity index (χ1n) is 5.04. The number of rotatable bonds is 4. The predicted molar refractivity (Wildman–Crippen MR) is 51.3 cm³/mol. The fourth-order valence-corrected chi connectivity index (χ4v) is 1.72. The van der Waals surface area contributed by atoms with Crippen molar-refractivity contribution in [3.63, 3.8) is 0 Å². The lowest BCUT2D eigenvalue weighted by molar-refractivity contribution is 0.150. The van der Waals surface area contributed by atoms with Crippen molar-refractivity contribution in [1.29, 1.82) is 0 Å². The van der Waals surface area contributed by atoms with Gasteiger partial charge in [-0.3, -0.25) is 0 Å². The van der Waals surface area contributed by atoms with E-state index in [1.54, 1.807) is 7.11 Å². The Bertz CT molecular complexity index is 108. The van der Waals surface area contributed by atoms with E-state index in [4.69, 9.17) is 4.74 Å². The van der Waals surface area contributed by atoms with E-state index in [9.17, 15) is 0 Å². The minimum absolute atomic E-state index is 0.909. The van der Waals surface area contributed by atoms with Gasteiger partial charge < -0.3 is 9.64 Å². The van der Waals surface area contributed by atoms with Gasteiger partial charge in [0.05, 0.1) is 0 Å². The molecule has 0 spiro atoms. The second-order valence-electron chi connectivity index (χ2n) is 3.87. The molecule has 1 heterocycles. The van der Waals surface area contributed by atoms with Gasteiger partial charge in [0.2, 0.25) is 0 Å². The monoisotopic (exact) mass is 171 g/mol. The number of likely N-dealkylation sites (tertiary alicyclic amines) is 1. The molecule has 0 bridgehead atoms. The van der Waals surface area contributed by atoms with Crippen LogP contribution in [0.25, 0.3) is 0 Å². The van der Waals surface area contributed by atoms with Crippen molar-refractivity contribution in [3.05, 3.63) is 0 Å². The van der Waals surface area contributed by atoms with Crippen molar-refractivity contribution in [2.45, 2.75) is 26.2 Å². The van der Waals surface area contributed by atoms with Crippen molar-refractivity contribution in [2.24, 2.45) is 5.92 Å². The summed E-state index contributed by atoms with van der Waals surface area (Å²) in [6.45, 7) is 7.08. The van der Waals surface area contributed by atoms with E-state index in [-0.39, 0.29) is 0 Å². The van der Waals surface area contributed by atoms with E-state index >= 15 is 0 Å². The molecule has 1 fully saturated rings. The lowest BCUT2D eigenvalue weighted by atomic mass is 9.99. The third kappa shape index (κ3) is 3.55. The van der Waals surface area contributed by atoms with E-state index in [1.165, 1.54) is 38.9 Å². The van der Waals surface area contributed by atoms with Gasteiger partial charge in [-0.15, -0.1) is 0 Å². The summed E-state index contributed by atoms with van der Waals surface area (Å²) in [7, 11) is 1.78. The molecule has 0 aromatic rings. The van der Waals surface area contributed by atoms with Crippen molar-refractivity contribution >= 4 is 0 Å². The predicted octanol–water partition coefficient (Wildman–Crippen LogP) is 1.75. The zero-order chi connectivity index (χ0) is 8.81. The number of methoxy groups -OCH3 is 1. The van der Waals surface area contributed by atoms with Crippen molar-refractivity contribution in [3.8, 4) is 0 Å². The Balaban J connectivity index is 2.01. The Morgan fingerprint density at radius 1 is 1.33 bits per heavy atom. The van der Waals surface area contributed by atoms with Gasteiger partial charge in [0.15, 0.2) is 0 Å². The standard InChI is InChI=1S/C10H21NO/c1-10-4-7-11(8-5-10)6-3-9-12-2/h10H,3-9H2,1-2H3. The van der Waals surface area contributed by atoms with Crippen LogP contribution in [0, 0.1) is 5.92 Å². The third-order valence-electron chi connectivity index (χ3n) is 2.70. The summed E-state index contributed by atoms with van der Waals surface area (Å²) in [5.74, 6) is 0.948. The molecule has 2 heteroatoms. The Kier molecular flexibility index (Phi) is 4.62. The van der Waals surface area contributed by atoms with Gasteiger partial charge in [0.1, 0.15) is 0 Å². The van der Waals surface area contributed by atoms with Gasteiger partial charge in [-0.1, -0.05) is 6.92 Å². The zero-order valence-electron chi connectivity index (χ0n) is 8.38. The average molecular weight is 171 g/mol. The van der Waals surface area contributed by atoms with Crippen LogP contribution in [-0.2, 0) is 4.74 Å². The highest BCUT2D eigenvalue weighted by molar-refractivity contribution is 4.68. The molecule has 1 aliphatic rings. The van der Waals surface area contributed by atoms with Crippen molar-refractivity contribution in [1.82, 2.24) is 4.90 Å². The quantitative estimate of drug-likeness (QED) is 0.598. The van der Waals surface area contributed by atoms with E-state index in [2.05, 4.69) is 11.8 Å². The van der Waals surface area contributed by atoms with Crippen LogP contribution < -0.4 is 0 Å². The van der Waals surface area contributed by atoms with Gasteiger partial charge in [0.25, 0.3) is 0 Å². The summed E-state index contributed by atoms with van der Waals surface area (Å²) in [6, 6.07) is 0. The summed E-state index contributed by atoms with van der Waals surface area (Å²) < 4.78 is 5.03. The topological polar surface area (TPSA) is 12.5 Å². The largest absolute Gasteiger partial charge is 0.385 e. The number of piperidine rings is 1. The van der Waals surface area contributed by atoms with Crippen LogP contribution in [0.15, 0.2) is 0 Å². The van der Waals surface area contributed by atoms with Gasteiger partial charge in [-0.25, -0.2) is 0 Å². The van der Waals surface area contributed by atoms with Gasteiger partial charge in [-0.05, 0) is 38.3 Å². The lowest BCUT2D eigenvalue weighted by Crippen LogP contribution is -2.33. The van der Waals surface area contributed by atoms with E-state index in [0.717, 1.165) is 12.5 Å². The molecule has 0 amide bonds. The number of ether oxygens (including phenoxy) is 1. The fourth-order valence-electron chi connectivity index (χ4n) is 1.72. The lowest BCUT2D eigenvalue weighted by Gasteiger charge is -2.29. The van der Waals surface area contributed by atoms with E-state index < -0.39 is 0 Å². The fraction of sp³-hybridized carbons (Fsp3) is 1.00. The molecular weight excluding hydrogens is 150 g/mol. The Morgan fingerprint density at radius 2 is 2.00 bits per heavy atom. The van der Waals surface area contributed by atoms with Crippen LogP contribution in [0.1, 0.15) is 26.2 Å². The molecule has 0 unspecified atom stereocenters. The number of nitrogens with zero attached hydrogens (tertiary/aromatic N) is 1. The summed E-state index contributed by atoms with van der Waals surface area (Å²) in [4.78, 5) is 2.55. The molecule has 1 saturated heterocycles. The van der Waals surface area contributed by atoms with Gasteiger partial charge in [-0.2, -0.15) is 0 Å². The second-order valence-corrected chi connectivity index (χ2v) is 3.87. The average Bonchev–Trinajstić information content (AvgIpc) is 2.09. The molecule has 0 saturated carbocycles. The minimum Gasteiger partial charge on any atom is -0.385 e. The summed E-state index contributed by atoms with van der Waals surface area (Å²) in [5.41, 5.74) is 0. The maximum absolute atomic E-state index is 5.03. The first-order chi connectivity index (χ1) is 5.83. The summed E-state index contributed by atoms with van der Waals surface area (Å²) in [5, 5.41) is 0. The SMILES string of the molecule is COCCCN1CCC(C)CC1. The molecule has 12 heavy (non-hydrogen) atoms. The second kappa shape index (κ2) is 5.55. The molecule has 72 valence electrons. The molecule has 2 nitrogen and oxygen atoms in total. The van der Waals surface area contributed by atoms with E-state index in [1.807, 2.05) is 0 Å². The van der Waals surface area contributed by atoms with Crippen LogP contribution in [0.4, 0.5) is 0 Å². The first-order valence-corrected chi connectivity index (χ1v) is 5.04. The maximum Gasteiger partial charge on any atom is 0.0474 e. The number of hydrogen-bond acceptors (Lipinski definition) is 2. The maximum atomic E-state index is 5.03. The van der Waals surface area contributed by atoms with Crippen LogP contribution >= 0.6 is 0 Å². The molecule has 0 atom stereocenters. The summed E-state index contributed by atoms with van der Waals surface area (Å²) >= 11 is 0. The molecule has 1 rings (SSSR count). The Morgan fingerprint density at radius 3 is 2.58 bits per heavy atom. The molecule has 1 aliphatic heterocycles. The van der Waals surface area contributed by atoms with Gasteiger partial charge in [0, 0.05) is 20.3 Å². The highest BCUT2D eigenvalue weighted by atomic mass is 16.5. The van der Waals surface area contributed by atoms with Crippen molar-refractivity contribution in [2.75, 3.05) is 33.4 Å². The van der Waals surface area contributed by atoms with E-state index in [0.29, 0.717) is 0 Å². The van der Waals surface area contributed by atoms with Crippen molar-refractivity contribution < 1.29 is 4.74 Å². The highest BCUT2D eigenvalue weighted by Gasteiger charge is 2.14. The molecule has 0 radical (unpaired) electrons. The zero-order valence-corrected chi connectivity index (χ0v) is 8.38. The first kappa shape index (κ1) is 10.0. The van der Waals surface area contributed by atoms with Crippen LogP contribution in [0.2, 0.25) is 0 Å². The van der Waals surface area contributed by atoms with Crippen LogP contribution in [0.3, 0.4) is 0 Å². The molecular formula is C10H21NO. The van der Waals surface area contributed by atoms with Gasteiger partial charge >= 0.3 is 0 Å². The Hall–Kier alpha value is -0.0800. The molecule has 0 aromatic carbocycles. The molecule has 0 N–H and O–H groups in total. The minimum atomic E-state index is 0.909. The van der Waals surface area contributed by atoms with Crippen LogP contribution in [0.5, 0.6) is 0 Å². The normalized spacial score (nSPS) is 21.5. The summed E-state index contributed by atoms with van der Waals surface area (Å²) in [6.07, 6.45) is 3.95. The number of hydrogen-bond donors (Lipinski definition) is 0.